The highest BCUT2D eigenvalue weighted by Gasteiger charge is 2.64. The molecule has 3 fully saturated rings. The summed E-state index contributed by atoms with van der Waals surface area (Å²) >= 11 is 8.92. The maximum Gasteiger partial charge on any atom is 0.0668 e. The second kappa shape index (κ2) is 7.33. The Morgan fingerprint density at radius 2 is 0.727 bits per heavy atom. The molecule has 0 radical (unpaired) electrons. The van der Waals surface area contributed by atoms with Gasteiger partial charge in [-0.3, -0.25) is 0 Å². The Morgan fingerprint density at radius 1 is 0.500 bits per heavy atom. The monoisotopic (exact) mass is 376 g/mol. The van der Waals surface area contributed by atoms with Gasteiger partial charge >= 0.3 is 0 Å². The molecular weight excluding hydrogens is 344 g/mol. The van der Waals surface area contributed by atoms with Gasteiger partial charge in [-0.15, -0.1) is 47.0 Å². The molecule has 3 aliphatic carbocycles. The van der Waals surface area contributed by atoms with Crippen molar-refractivity contribution < 1.29 is 0 Å². The third-order valence-electron chi connectivity index (χ3n) is 6.88. The van der Waals surface area contributed by atoms with Crippen molar-refractivity contribution in [2.75, 3.05) is 25.0 Å². The van der Waals surface area contributed by atoms with Crippen molar-refractivity contribution in [1.29, 1.82) is 0 Å². The smallest absolute Gasteiger partial charge is 0.0668 e. The van der Waals surface area contributed by atoms with E-state index in [1.54, 1.807) is 0 Å². The van der Waals surface area contributed by atoms with Crippen LogP contribution in [0, 0.1) is 23.7 Å². The van der Waals surface area contributed by atoms with Gasteiger partial charge in [0.15, 0.2) is 0 Å². The minimum Gasteiger partial charge on any atom is -0.147 e. The molecule has 4 atom stereocenters. The van der Waals surface area contributed by atoms with E-state index in [4.69, 9.17) is 0 Å². The van der Waals surface area contributed by atoms with Gasteiger partial charge in [0.1, 0.15) is 0 Å². The number of hydrogen-bond donors (Lipinski definition) is 0. The summed E-state index contributed by atoms with van der Waals surface area (Å²) in [7, 11) is 0. The molecule has 22 heavy (non-hydrogen) atoms. The Balaban J connectivity index is 2.09. The summed E-state index contributed by atoms with van der Waals surface area (Å²) in [6.45, 7) is 0. The fraction of sp³-hybridized carbons (Fsp3) is 1.00. The Labute approximate surface area is 154 Å². The lowest BCUT2D eigenvalue weighted by molar-refractivity contribution is 0.0426. The normalized spacial score (nSPS) is 39.8. The third-order valence-corrected chi connectivity index (χ3v) is 13.8. The van der Waals surface area contributed by atoms with Crippen molar-refractivity contribution in [3.8, 4) is 0 Å². The van der Waals surface area contributed by atoms with Crippen molar-refractivity contribution in [1.82, 2.24) is 0 Å². The van der Waals surface area contributed by atoms with Crippen LogP contribution in [0.25, 0.3) is 0 Å². The molecule has 3 rings (SSSR count). The summed E-state index contributed by atoms with van der Waals surface area (Å²) in [4.78, 5) is 0. The van der Waals surface area contributed by atoms with E-state index in [0.717, 1.165) is 23.7 Å². The van der Waals surface area contributed by atoms with E-state index in [9.17, 15) is 0 Å². The number of thioether (sulfide) groups is 4. The predicted octanol–water partition coefficient (Wildman–Crippen LogP) is 6.46. The van der Waals surface area contributed by atoms with E-state index in [2.05, 4.69) is 72.1 Å². The van der Waals surface area contributed by atoms with Crippen LogP contribution < -0.4 is 0 Å². The quantitative estimate of drug-likeness (QED) is 0.516. The summed E-state index contributed by atoms with van der Waals surface area (Å²) in [6.07, 6.45) is 21.5. The van der Waals surface area contributed by atoms with E-state index in [0.29, 0.717) is 8.16 Å². The van der Waals surface area contributed by atoms with Crippen LogP contribution in [-0.4, -0.2) is 33.2 Å². The van der Waals surface area contributed by atoms with Gasteiger partial charge in [-0.1, -0.05) is 25.7 Å². The maximum absolute atomic E-state index is 2.42. The van der Waals surface area contributed by atoms with Crippen LogP contribution in [0.5, 0.6) is 0 Å². The van der Waals surface area contributed by atoms with Gasteiger partial charge in [-0.05, 0) is 74.4 Å². The van der Waals surface area contributed by atoms with Crippen molar-refractivity contribution >= 4 is 47.0 Å². The maximum atomic E-state index is 2.42. The molecule has 0 saturated heterocycles. The summed E-state index contributed by atoms with van der Waals surface area (Å²) in [5, 5.41) is 0. The molecule has 0 nitrogen and oxygen atoms in total. The van der Waals surface area contributed by atoms with Crippen molar-refractivity contribution in [2.24, 2.45) is 23.7 Å². The molecule has 0 spiro atoms. The zero-order valence-corrected chi connectivity index (χ0v) is 17.9. The first-order valence-electron chi connectivity index (χ1n) is 8.90. The fourth-order valence-electron chi connectivity index (χ4n) is 6.12. The highest BCUT2D eigenvalue weighted by molar-refractivity contribution is 8.18. The van der Waals surface area contributed by atoms with Crippen LogP contribution in [0.1, 0.15) is 51.4 Å². The fourth-order valence-corrected chi connectivity index (χ4v) is 12.1. The summed E-state index contributed by atoms with van der Waals surface area (Å²) in [5.74, 6) is 3.74. The highest BCUT2D eigenvalue weighted by Crippen LogP contribution is 2.70. The minimum absolute atomic E-state index is 0.505. The molecule has 0 bridgehead atoms. The van der Waals surface area contributed by atoms with E-state index in [-0.39, 0.29) is 0 Å². The van der Waals surface area contributed by atoms with Gasteiger partial charge < -0.3 is 0 Å². The van der Waals surface area contributed by atoms with Crippen molar-refractivity contribution in [3.05, 3.63) is 0 Å². The first-order valence-corrected chi connectivity index (χ1v) is 13.8. The average Bonchev–Trinajstić information content (AvgIpc) is 2.60. The molecular formula is C18H32S4. The third kappa shape index (κ3) is 2.52. The largest absolute Gasteiger partial charge is 0.147 e. The van der Waals surface area contributed by atoms with Crippen molar-refractivity contribution in [2.45, 2.75) is 59.5 Å². The lowest BCUT2D eigenvalue weighted by atomic mass is 9.58. The Kier molecular flexibility index (Phi) is 6.07. The second-order valence-electron chi connectivity index (χ2n) is 7.25. The van der Waals surface area contributed by atoms with E-state index >= 15 is 0 Å². The van der Waals surface area contributed by atoms with Crippen LogP contribution in [0.2, 0.25) is 0 Å². The molecule has 0 aromatic heterocycles. The summed E-state index contributed by atoms with van der Waals surface area (Å²) < 4.78 is 1.01. The molecule has 0 heterocycles. The van der Waals surface area contributed by atoms with E-state index in [1.165, 1.54) is 51.4 Å². The van der Waals surface area contributed by atoms with Crippen LogP contribution in [0.4, 0.5) is 0 Å². The summed E-state index contributed by atoms with van der Waals surface area (Å²) in [5.41, 5.74) is 0. The molecule has 4 unspecified atom stereocenters. The number of rotatable bonds is 4. The molecule has 0 aliphatic heterocycles. The number of hydrogen-bond acceptors (Lipinski definition) is 4. The highest BCUT2D eigenvalue weighted by atomic mass is 32.2. The van der Waals surface area contributed by atoms with E-state index < -0.39 is 0 Å². The Bertz CT molecular complexity index is 311. The SMILES string of the molecule is CSC1(SC)C2CCCCC2C(SC)(SC)C2CCCCC21. The molecule has 3 aliphatic rings. The van der Waals surface area contributed by atoms with Gasteiger partial charge in [0.25, 0.3) is 0 Å². The van der Waals surface area contributed by atoms with E-state index in [1.807, 2.05) is 0 Å². The predicted molar refractivity (Wildman–Crippen MR) is 110 cm³/mol. The summed E-state index contributed by atoms with van der Waals surface area (Å²) in [6, 6.07) is 0. The lowest BCUT2D eigenvalue weighted by Gasteiger charge is -2.65. The van der Waals surface area contributed by atoms with Gasteiger partial charge in [0, 0.05) is 0 Å². The zero-order chi connectivity index (χ0) is 15.8. The zero-order valence-electron chi connectivity index (χ0n) is 14.6. The van der Waals surface area contributed by atoms with Crippen LogP contribution in [0.3, 0.4) is 0 Å². The topological polar surface area (TPSA) is 0 Å². The van der Waals surface area contributed by atoms with Gasteiger partial charge in [-0.2, -0.15) is 0 Å². The Morgan fingerprint density at radius 3 is 0.909 bits per heavy atom. The molecule has 3 saturated carbocycles. The minimum atomic E-state index is 0.505. The van der Waals surface area contributed by atoms with Gasteiger partial charge in [-0.25, -0.2) is 0 Å². The second-order valence-corrected chi connectivity index (χ2v) is 12.1. The molecule has 0 amide bonds. The van der Waals surface area contributed by atoms with Crippen molar-refractivity contribution in [3.63, 3.8) is 0 Å². The van der Waals surface area contributed by atoms with Crippen LogP contribution in [-0.2, 0) is 0 Å². The molecule has 0 N–H and O–H groups in total. The van der Waals surface area contributed by atoms with Crippen LogP contribution in [0.15, 0.2) is 0 Å². The lowest BCUT2D eigenvalue weighted by Crippen LogP contribution is -2.62. The molecule has 128 valence electrons. The first-order chi connectivity index (χ1) is 10.7. The molecule has 4 heteroatoms. The molecule has 0 aromatic carbocycles. The van der Waals surface area contributed by atoms with Gasteiger partial charge in [0.2, 0.25) is 0 Å². The first kappa shape index (κ1) is 18.2. The molecule has 0 aromatic rings. The van der Waals surface area contributed by atoms with Gasteiger partial charge in [0.05, 0.1) is 8.16 Å². The average molecular weight is 377 g/mol. The van der Waals surface area contributed by atoms with Crippen LogP contribution >= 0.6 is 47.0 Å². The standard InChI is InChI=1S/C18H32S4/c1-19-17(20-2)13-9-5-7-11-15(13)18(21-3,22-4)16-12-8-6-10-14(16)17/h13-16H,5-12H2,1-4H3. The Hall–Kier alpha value is 1.40. The number of fused-ring (bicyclic) bond motifs is 2.